The van der Waals surface area contributed by atoms with Crippen LogP contribution in [0, 0.1) is 0 Å². The Morgan fingerprint density at radius 1 is 1.36 bits per heavy atom. The van der Waals surface area contributed by atoms with Gasteiger partial charge in [0.15, 0.2) is 0 Å². The molecule has 14 heavy (non-hydrogen) atoms. The number of hydrogen-bond donors (Lipinski definition) is 1. The molecule has 1 heterocycles. The van der Waals surface area contributed by atoms with Gasteiger partial charge in [-0.15, -0.1) is 0 Å². The standard InChI is InChI=1S/C10H11N3O/c11-5-6-13-9-4-2-1-3-8(9)10(14)7-12-13/h1-4,7H,5-6,11H2. The zero-order valence-electron chi connectivity index (χ0n) is 7.68. The van der Waals surface area contributed by atoms with E-state index in [4.69, 9.17) is 5.73 Å². The van der Waals surface area contributed by atoms with Crippen LogP contribution >= 0.6 is 0 Å². The Hall–Kier alpha value is -1.68. The topological polar surface area (TPSA) is 60.9 Å². The Morgan fingerprint density at radius 3 is 2.93 bits per heavy atom. The molecule has 2 rings (SSSR count). The fraction of sp³-hybridized carbons (Fsp3) is 0.200. The average molecular weight is 189 g/mol. The van der Waals surface area contributed by atoms with Crippen LogP contribution in [0.5, 0.6) is 0 Å². The van der Waals surface area contributed by atoms with Gasteiger partial charge < -0.3 is 5.73 Å². The molecule has 0 saturated carbocycles. The highest BCUT2D eigenvalue weighted by atomic mass is 16.1. The lowest BCUT2D eigenvalue weighted by molar-refractivity contribution is 0.633. The Morgan fingerprint density at radius 2 is 2.14 bits per heavy atom. The van der Waals surface area contributed by atoms with Crippen molar-refractivity contribution in [3.8, 4) is 0 Å². The lowest BCUT2D eigenvalue weighted by atomic mass is 10.2. The zero-order valence-corrected chi connectivity index (χ0v) is 7.68. The van der Waals surface area contributed by atoms with E-state index in [-0.39, 0.29) is 5.43 Å². The van der Waals surface area contributed by atoms with Gasteiger partial charge in [-0.25, -0.2) is 0 Å². The highest BCUT2D eigenvalue weighted by molar-refractivity contribution is 5.77. The molecule has 0 radical (unpaired) electrons. The van der Waals surface area contributed by atoms with Crippen molar-refractivity contribution < 1.29 is 0 Å². The fourth-order valence-corrected chi connectivity index (χ4v) is 1.46. The largest absolute Gasteiger partial charge is 0.329 e. The summed E-state index contributed by atoms with van der Waals surface area (Å²) in [5.41, 5.74) is 6.24. The van der Waals surface area contributed by atoms with E-state index >= 15 is 0 Å². The van der Waals surface area contributed by atoms with Crippen LogP contribution in [-0.2, 0) is 6.54 Å². The normalized spacial score (nSPS) is 10.6. The monoisotopic (exact) mass is 189 g/mol. The summed E-state index contributed by atoms with van der Waals surface area (Å²) >= 11 is 0. The first-order valence-electron chi connectivity index (χ1n) is 4.48. The second kappa shape index (κ2) is 3.59. The summed E-state index contributed by atoms with van der Waals surface area (Å²) in [6.45, 7) is 1.14. The van der Waals surface area contributed by atoms with E-state index in [9.17, 15) is 4.79 Å². The van der Waals surface area contributed by atoms with Gasteiger partial charge in [0.2, 0.25) is 5.43 Å². The summed E-state index contributed by atoms with van der Waals surface area (Å²) in [7, 11) is 0. The smallest absolute Gasteiger partial charge is 0.207 e. The summed E-state index contributed by atoms with van der Waals surface area (Å²) in [5, 5.41) is 4.71. The molecule has 0 aliphatic heterocycles. The minimum atomic E-state index is -0.0473. The molecule has 2 N–H and O–H groups in total. The highest BCUT2D eigenvalue weighted by Crippen LogP contribution is 2.06. The zero-order chi connectivity index (χ0) is 9.97. The summed E-state index contributed by atoms with van der Waals surface area (Å²) in [6, 6.07) is 7.40. The van der Waals surface area contributed by atoms with Crippen LogP contribution in [0.4, 0.5) is 0 Å². The number of nitrogens with zero attached hydrogens (tertiary/aromatic N) is 2. The minimum absolute atomic E-state index is 0.0473. The van der Waals surface area contributed by atoms with E-state index in [1.807, 2.05) is 18.2 Å². The molecule has 4 heteroatoms. The SMILES string of the molecule is NCCn1ncc(=O)c2ccccc21. The van der Waals surface area contributed by atoms with Crippen molar-refractivity contribution >= 4 is 10.9 Å². The second-order valence-electron chi connectivity index (χ2n) is 3.04. The van der Waals surface area contributed by atoms with Gasteiger partial charge in [-0.2, -0.15) is 5.10 Å². The van der Waals surface area contributed by atoms with Gasteiger partial charge >= 0.3 is 0 Å². The maximum Gasteiger partial charge on any atom is 0.207 e. The maximum absolute atomic E-state index is 11.4. The molecule has 4 nitrogen and oxygen atoms in total. The molecule has 0 unspecified atom stereocenters. The molecule has 2 aromatic rings. The van der Waals surface area contributed by atoms with Crippen LogP contribution in [0.25, 0.3) is 10.9 Å². The number of para-hydroxylation sites is 1. The predicted molar refractivity (Wildman–Crippen MR) is 55.1 cm³/mol. The van der Waals surface area contributed by atoms with E-state index in [2.05, 4.69) is 5.10 Å². The van der Waals surface area contributed by atoms with Crippen molar-refractivity contribution in [2.24, 2.45) is 5.73 Å². The summed E-state index contributed by atoms with van der Waals surface area (Å²) in [6.07, 6.45) is 1.33. The molecule has 0 aliphatic carbocycles. The van der Waals surface area contributed by atoms with E-state index in [0.717, 1.165) is 5.52 Å². The Kier molecular flexibility index (Phi) is 2.28. The predicted octanol–water partition coefficient (Wildman–Crippen LogP) is 0.355. The molecule has 0 amide bonds. The Bertz CT molecular complexity index is 504. The quantitative estimate of drug-likeness (QED) is 0.741. The van der Waals surface area contributed by atoms with Gasteiger partial charge in [0.25, 0.3) is 0 Å². The third kappa shape index (κ3) is 1.40. The van der Waals surface area contributed by atoms with Gasteiger partial charge in [-0.1, -0.05) is 12.1 Å². The molecule has 0 spiro atoms. The Labute approximate surface area is 81.0 Å². The number of fused-ring (bicyclic) bond motifs is 1. The fourth-order valence-electron chi connectivity index (χ4n) is 1.46. The number of rotatable bonds is 2. The lowest BCUT2D eigenvalue weighted by Gasteiger charge is -2.06. The second-order valence-corrected chi connectivity index (χ2v) is 3.04. The van der Waals surface area contributed by atoms with Crippen LogP contribution < -0.4 is 11.2 Å². The number of nitrogens with two attached hydrogens (primary N) is 1. The maximum atomic E-state index is 11.4. The van der Waals surface area contributed by atoms with Crippen LogP contribution in [-0.4, -0.2) is 16.3 Å². The van der Waals surface area contributed by atoms with Gasteiger partial charge in [0.05, 0.1) is 18.3 Å². The lowest BCUT2D eigenvalue weighted by Crippen LogP contribution is -2.16. The van der Waals surface area contributed by atoms with Crippen LogP contribution in [0.3, 0.4) is 0 Å². The van der Waals surface area contributed by atoms with E-state index in [0.29, 0.717) is 18.5 Å². The molecule has 1 aromatic heterocycles. The first kappa shape index (κ1) is 8.90. The third-order valence-electron chi connectivity index (χ3n) is 2.10. The molecular formula is C10H11N3O. The van der Waals surface area contributed by atoms with E-state index < -0.39 is 0 Å². The van der Waals surface area contributed by atoms with Crippen LogP contribution in [0.1, 0.15) is 0 Å². The van der Waals surface area contributed by atoms with Crippen molar-refractivity contribution in [3.05, 3.63) is 40.7 Å². The minimum Gasteiger partial charge on any atom is -0.329 e. The molecular weight excluding hydrogens is 178 g/mol. The molecule has 0 atom stereocenters. The molecule has 72 valence electrons. The van der Waals surface area contributed by atoms with Crippen molar-refractivity contribution in [1.29, 1.82) is 0 Å². The van der Waals surface area contributed by atoms with Crippen molar-refractivity contribution in [2.45, 2.75) is 6.54 Å². The van der Waals surface area contributed by atoms with Crippen LogP contribution in [0.15, 0.2) is 35.3 Å². The van der Waals surface area contributed by atoms with Crippen molar-refractivity contribution in [2.75, 3.05) is 6.54 Å². The molecule has 0 bridgehead atoms. The molecule has 1 aromatic carbocycles. The molecule has 0 saturated heterocycles. The molecule has 0 fully saturated rings. The summed E-state index contributed by atoms with van der Waals surface area (Å²) < 4.78 is 1.75. The van der Waals surface area contributed by atoms with Gasteiger partial charge in [-0.05, 0) is 12.1 Å². The van der Waals surface area contributed by atoms with Crippen molar-refractivity contribution in [3.63, 3.8) is 0 Å². The van der Waals surface area contributed by atoms with Gasteiger partial charge in [0.1, 0.15) is 0 Å². The highest BCUT2D eigenvalue weighted by Gasteiger charge is 2.01. The van der Waals surface area contributed by atoms with Gasteiger partial charge in [-0.3, -0.25) is 9.48 Å². The third-order valence-corrected chi connectivity index (χ3v) is 2.10. The van der Waals surface area contributed by atoms with E-state index in [1.165, 1.54) is 6.20 Å². The number of aromatic nitrogens is 2. The van der Waals surface area contributed by atoms with Gasteiger partial charge in [0, 0.05) is 11.9 Å². The summed E-state index contributed by atoms with van der Waals surface area (Å²) in [4.78, 5) is 11.4. The first-order chi connectivity index (χ1) is 6.83. The molecule has 0 aliphatic rings. The first-order valence-corrected chi connectivity index (χ1v) is 4.48. The average Bonchev–Trinajstić information content (AvgIpc) is 2.23. The number of benzene rings is 1. The van der Waals surface area contributed by atoms with Crippen LogP contribution in [0.2, 0.25) is 0 Å². The van der Waals surface area contributed by atoms with Crippen molar-refractivity contribution in [1.82, 2.24) is 9.78 Å². The number of hydrogen-bond acceptors (Lipinski definition) is 3. The Balaban J connectivity index is 2.75. The summed E-state index contributed by atoms with van der Waals surface area (Å²) in [5.74, 6) is 0. The van der Waals surface area contributed by atoms with E-state index in [1.54, 1.807) is 10.7 Å².